The van der Waals surface area contributed by atoms with Crippen molar-refractivity contribution in [3.63, 3.8) is 0 Å². The number of carbonyl (C=O) groups excluding carboxylic acids is 2. The molecule has 22 heavy (non-hydrogen) atoms. The third-order valence-electron chi connectivity index (χ3n) is 3.21. The van der Waals surface area contributed by atoms with Gasteiger partial charge >= 0.3 is 5.97 Å². The van der Waals surface area contributed by atoms with Gasteiger partial charge in [-0.3, -0.25) is 4.79 Å². The fraction of sp³-hybridized carbons (Fsp3) is 0.176. The predicted octanol–water partition coefficient (Wildman–Crippen LogP) is 2.75. The van der Waals surface area contributed by atoms with Gasteiger partial charge in [0.2, 0.25) is 0 Å². The molecule has 0 spiro atoms. The zero-order valence-electron chi connectivity index (χ0n) is 12.0. The van der Waals surface area contributed by atoms with E-state index in [0.29, 0.717) is 5.56 Å². The van der Waals surface area contributed by atoms with Gasteiger partial charge in [-0.25, -0.2) is 4.79 Å². The highest BCUT2D eigenvalue weighted by molar-refractivity contribution is 6.06. The first-order chi connectivity index (χ1) is 10.5. The SMILES string of the molecule is CC(=N)C(C#N)C(=O)COC(=O)c1ccc2ccccc2c1. The van der Waals surface area contributed by atoms with Gasteiger partial charge in [-0.05, 0) is 29.8 Å². The quantitative estimate of drug-likeness (QED) is 0.678. The van der Waals surface area contributed by atoms with Crippen molar-refractivity contribution in [2.24, 2.45) is 5.92 Å². The molecular weight excluding hydrogens is 280 g/mol. The van der Waals surface area contributed by atoms with Gasteiger partial charge in [0, 0.05) is 5.71 Å². The number of hydrogen-bond acceptors (Lipinski definition) is 5. The summed E-state index contributed by atoms with van der Waals surface area (Å²) in [5.41, 5.74) is 0.279. The van der Waals surface area contributed by atoms with E-state index in [1.54, 1.807) is 24.3 Å². The highest BCUT2D eigenvalue weighted by Crippen LogP contribution is 2.16. The minimum atomic E-state index is -1.16. The average Bonchev–Trinajstić information content (AvgIpc) is 2.52. The van der Waals surface area contributed by atoms with E-state index in [2.05, 4.69) is 0 Å². The van der Waals surface area contributed by atoms with Crippen LogP contribution in [0.5, 0.6) is 0 Å². The maximum atomic E-state index is 12.0. The minimum Gasteiger partial charge on any atom is -0.454 e. The highest BCUT2D eigenvalue weighted by atomic mass is 16.5. The van der Waals surface area contributed by atoms with Crippen LogP contribution in [0.25, 0.3) is 10.8 Å². The summed E-state index contributed by atoms with van der Waals surface area (Å²) in [5, 5.41) is 18.0. The van der Waals surface area contributed by atoms with Crippen molar-refractivity contribution in [1.29, 1.82) is 10.7 Å². The molecule has 1 atom stereocenters. The van der Waals surface area contributed by atoms with Crippen LogP contribution in [0.2, 0.25) is 0 Å². The molecule has 5 heteroatoms. The van der Waals surface area contributed by atoms with E-state index in [1.165, 1.54) is 6.92 Å². The van der Waals surface area contributed by atoms with Crippen LogP contribution in [0.1, 0.15) is 17.3 Å². The number of rotatable bonds is 5. The third-order valence-corrected chi connectivity index (χ3v) is 3.21. The monoisotopic (exact) mass is 294 g/mol. The van der Waals surface area contributed by atoms with E-state index in [1.807, 2.05) is 24.3 Å². The van der Waals surface area contributed by atoms with E-state index in [9.17, 15) is 9.59 Å². The number of nitrogens with zero attached hydrogens (tertiary/aromatic N) is 1. The Morgan fingerprint density at radius 1 is 1.23 bits per heavy atom. The van der Waals surface area contributed by atoms with Gasteiger partial charge in [0.05, 0.1) is 11.6 Å². The topological polar surface area (TPSA) is 91.0 Å². The number of hydrogen-bond donors (Lipinski definition) is 1. The van der Waals surface area contributed by atoms with Crippen LogP contribution in [0.15, 0.2) is 42.5 Å². The molecule has 0 saturated heterocycles. The lowest BCUT2D eigenvalue weighted by atomic mass is 10.0. The minimum absolute atomic E-state index is 0.0609. The van der Waals surface area contributed by atoms with Gasteiger partial charge in [-0.15, -0.1) is 0 Å². The zero-order valence-corrected chi connectivity index (χ0v) is 12.0. The van der Waals surface area contributed by atoms with Crippen LogP contribution < -0.4 is 0 Å². The first kappa shape index (κ1) is 15.4. The van der Waals surface area contributed by atoms with Crippen molar-refractivity contribution in [2.75, 3.05) is 6.61 Å². The second-order valence-corrected chi connectivity index (χ2v) is 4.85. The van der Waals surface area contributed by atoms with E-state index in [4.69, 9.17) is 15.4 Å². The normalized spacial score (nSPS) is 11.5. The highest BCUT2D eigenvalue weighted by Gasteiger charge is 2.21. The molecule has 0 saturated carbocycles. The number of benzene rings is 2. The fourth-order valence-electron chi connectivity index (χ4n) is 2.03. The van der Waals surface area contributed by atoms with Crippen LogP contribution in [0.3, 0.4) is 0 Å². The summed E-state index contributed by atoms with van der Waals surface area (Å²) >= 11 is 0. The van der Waals surface area contributed by atoms with Gasteiger partial charge in [-0.2, -0.15) is 5.26 Å². The molecule has 0 radical (unpaired) electrons. The molecule has 0 aliphatic rings. The number of Topliss-reactive ketones (excluding diaryl/α,β-unsaturated/α-hetero) is 1. The Morgan fingerprint density at radius 3 is 2.55 bits per heavy atom. The molecule has 2 aromatic rings. The Balaban J connectivity index is 2.07. The molecule has 1 N–H and O–H groups in total. The van der Waals surface area contributed by atoms with Gasteiger partial charge in [0.1, 0.15) is 5.92 Å². The number of carbonyl (C=O) groups is 2. The molecule has 0 aliphatic heterocycles. The zero-order chi connectivity index (χ0) is 16.1. The molecule has 110 valence electrons. The summed E-state index contributed by atoms with van der Waals surface area (Å²) in [6.45, 7) is 0.858. The maximum Gasteiger partial charge on any atom is 0.338 e. The van der Waals surface area contributed by atoms with Gasteiger partial charge in [0.25, 0.3) is 0 Å². The number of esters is 1. The molecule has 5 nitrogen and oxygen atoms in total. The summed E-state index contributed by atoms with van der Waals surface area (Å²) < 4.78 is 4.94. The first-order valence-electron chi connectivity index (χ1n) is 6.66. The van der Waals surface area contributed by atoms with Crippen molar-refractivity contribution < 1.29 is 14.3 Å². The second-order valence-electron chi connectivity index (χ2n) is 4.85. The Bertz CT molecular complexity index is 790. The number of ether oxygens (including phenoxy) is 1. The van der Waals surface area contributed by atoms with E-state index in [-0.39, 0.29) is 5.71 Å². The van der Waals surface area contributed by atoms with Gasteiger partial charge < -0.3 is 10.1 Å². The molecule has 2 rings (SSSR count). The Morgan fingerprint density at radius 2 is 1.91 bits per heavy atom. The molecule has 2 aromatic carbocycles. The van der Waals surface area contributed by atoms with E-state index in [0.717, 1.165) is 10.8 Å². The Kier molecular flexibility index (Phi) is 4.64. The standard InChI is InChI=1S/C17H14N2O3/c1-11(19)15(9-18)16(20)10-22-17(21)14-7-6-12-4-2-3-5-13(12)8-14/h2-8,15,19H,10H2,1H3. The number of nitriles is 1. The fourth-order valence-corrected chi connectivity index (χ4v) is 2.03. The molecule has 0 fully saturated rings. The smallest absolute Gasteiger partial charge is 0.338 e. The first-order valence-corrected chi connectivity index (χ1v) is 6.66. The molecule has 0 heterocycles. The summed E-state index contributed by atoms with van der Waals surface area (Å²) in [5.74, 6) is -2.38. The van der Waals surface area contributed by atoms with Crippen molar-refractivity contribution >= 4 is 28.2 Å². The van der Waals surface area contributed by atoms with Gasteiger partial charge in [-0.1, -0.05) is 30.3 Å². The lowest BCUT2D eigenvalue weighted by Gasteiger charge is -2.08. The van der Waals surface area contributed by atoms with Gasteiger partial charge in [0.15, 0.2) is 12.4 Å². The predicted molar refractivity (Wildman–Crippen MR) is 81.7 cm³/mol. The van der Waals surface area contributed by atoms with Crippen LogP contribution in [0, 0.1) is 22.7 Å². The second kappa shape index (κ2) is 6.64. The van der Waals surface area contributed by atoms with Crippen molar-refractivity contribution in [2.45, 2.75) is 6.92 Å². The lowest BCUT2D eigenvalue weighted by molar-refractivity contribution is -0.122. The number of fused-ring (bicyclic) bond motifs is 1. The molecular formula is C17H14N2O3. The summed E-state index contributed by atoms with van der Waals surface area (Å²) in [6, 6.07) is 14.4. The van der Waals surface area contributed by atoms with Crippen LogP contribution >= 0.6 is 0 Å². The molecule has 0 amide bonds. The lowest BCUT2D eigenvalue weighted by Crippen LogP contribution is -2.25. The molecule has 0 bridgehead atoms. The number of nitrogens with one attached hydrogen (secondary N) is 1. The maximum absolute atomic E-state index is 12.0. The summed E-state index contributed by atoms with van der Waals surface area (Å²) in [4.78, 5) is 23.7. The van der Waals surface area contributed by atoms with E-state index < -0.39 is 24.3 Å². The van der Waals surface area contributed by atoms with Crippen LogP contribution in [-0.4, -0.2) is 24.1 Å². The largest absolute Gasteiger partial charge is 0.454 e. The number of ketones is 1. The Labute approximate surface area is 127 Å². The van der Waals surface area contributed by atoms with Crippen molar-refractivity contribution in [1.82, 2.24) is 0 Å². The van der Waals surface area contributed by atoms with Crippen LogP contribution in [0.4, 0.5) is 0 Å². The summed E-state index contributed by atoms with van der Waals surface area (Å²) in [7, 11) is 0. The van der Waals surface area contributed by atoms with Crippen molar-refractivity contribution in [3.05, 3.63) is 48.0 Å². The molecule has 1 unspecified atom stereocenters. The van der Waals surface area contributed by atoms with Crippen LogP contribution in [-0.2, 0) is 9.53 Å². The summed E-state index contributed by atoms with van der Waals surface area (Å²) in [6.07, 6.45) is 0. The molecule has 0 aromatic heterocycles. The third kappa shape index (κ3) is 3.36. The average molecular weight is 294 g/mol. The van der Waals surface area contributed by atoms with E-state index >= 15 is 0 Å². The van der Waals surface area contributed by atoms with Crippen molar-refractivity contribution in [3.8, 4) is 6.07 Å². The molecule has 0 aliphatic carbocycles. The Hall–Kier alpha value is -3.00.